The lowest BCUT2D eigenvalue weighted by Crippen LogP contribution is -2.37. The Bertz CT molecular complexity index is 395. The van der Waals surface area contributed by atoms with E-state index in [1.807, 2.05) is 0 Å². The Kier molecular flexibility index (Phi) is 6.25. The fraction of sp³-hybridized carbons (Fsp3) is 0.684. The van der Waals surface area contributed by atoms with Gasteiger partial charge in [0.1, 0.15) is 0 Å². The minimum absolute atomic E-state index is 0.306. The molecule has 1 aromatic rings. The molecule has 0 saturated heterocycles. The van der Waals surface area contributed by atoms with Crippen molar-refractivity contribution in [1.82, 2.24) is 5.32 Å². The van der Waals surface area contributed by atoms with E-state index in [0.29, 0.717) is 11.5 Å². The van der Waals surface area contributed by atoms with E-state index in [1.54, 1.807) is 7.11 Å². The molecule has 1 atom stereocenters. The molecule has 118 valence electrons. The van der Waals surface area contributed by atoms with Crippen molar-refractivity contribution in [3.05, 3.63) is 35.9 Å². The van der Waals surface area contributed by atoms with E-state index in [1.165, 1.54) is 37.7 Å². The van der Waals surface area contributed by atoms with Crippen molar-refractivity contribution < 1.29 is 4.74 Å². The lowest BCUT2D eigenvalue weighted by molar-refractivity contribution is 0.148. The fourth-order valence-electron chi connectivity index (χ4n) is 3.91. The zero-order chi connectivity index (χ0) is 15.1. The monoisotopic (exact) mass is 289 g/mol. The molecule has 1 aromatic carbocycles. The molecule has 2 rings (SSSR count). The number of hydrogen-bond acceptors (Lipinski definition) is 2. The normalized spacial score (nSPS) is 19.0. The Hall–Kier alpha value is -0.860. The van der Waals surface area contributed by atoms with Crippen LogP contribution in [0.15, 0.2) is 30.3 Å². The van der Waals surface area contributed by atoms with Crippen LogP contribution in [0.4, 0.5) is 0 Å². The van der Waals surface area contributed by atoms with Crippen LogP contribution in [0.3, 0.4) is 0 Å². The molecule has 1 unspecified atom stereocenters. The molecule has 21 heavy (non-hydrogen) atoms. The van der Waals surface area contributed by atoms with Crippen molar-refractivity contribution in [2.75, 3.05) is 20.3 Å². The van der Waals surface area contributed by atoms with Crippen molar-refractivity contribution in [1.29, 1.82) is 0 Å². The van der Waals surface area contributed by atoms with Crippen LogP contribution < -0.4 is 5.32 Å². The maximum absolute atomic E-state index is 5.43. The Morgan fingerprint density at radius 1 is 1.14 bits per heavy atom. The van der Waals surface area contributed by atoms with E-state index in [4.69, 9.17) is 4.74 Å². The van der Waals surface area contributed by atoms with Crippen LogP contribution in [-0.4, -0.2) is 20.3 Å². The van der Waals surface area contributed by atoms with Crippen LogP contribution >= 0.6 is 0 Å². The Morgan fingerprint density at radius 2 is 1.81 bits per heavy atom. The molecule has 1 fully saturated rings. The summed E-state index contributed by atoms with van der Waals surface area (Å²) >= 11 is 0. The second kappa shape index (κ2) is 7.95. The van der Waals surface area contributed by atoms with Gasteiger partial charge in [0.15, 0.2) is 0 Å². The minimum Gasteiger partial charge on any atom is -0.383 e. The topological polar surface area (TPSA) is 21.3 Å². The van der Waals surface area contributed by atoms with Gasteiger partial charge < -0.3 is 10.1 Å². The van der Waals surface area contributed by atoms with Gasteiger partial charge in [0, 0.05) is 13.7 Å². The molecule has 0 heterocycles. The summed E-state index contributed by atoms with van der Waals surface area (Å²) in [5, 5.41) is 3.80. The predicted octanol–water partition coefficient (Wildman–Crippen LogP) is 4.57. The third-order valence-electron chi connectivity index (χ3n) is 4.76. The first-order valence-corrected chi connectivity index (χ1v) is 8.42. The van der Waals surface area contributed by atoms with Crippen molar-refractivity contribution in [2.24, 2.45) is 11.3 Å². The number of benzene rings is 1. The molecule has 0 spiro atoms. The molecule has 0 amide bonds. The van der Waals surface area contributed by atoms with Gasteiger partial charge in [-0.25, -0.2) is 0 Å². The average Bonchev–Trinajstić information content (AvgIpc) is 2.92. The summed E-state index contributed by atoms with van der Waals surface area (Å²) in [5.41, 5.74) is 1.84. The Morgan fingerprint density at radius 3 is 2.38 bits per heavy atom. The first kappa shape index (κ1) is 16.5. The maximum Gasteiger partial charge on any atom is 0.0657 e. The molecule has 0 aliphatic heterocycles. The molecular weight excluding hydrogens is 258 g/mol. The SMILES string of the molecule is COCC(NCC1(CC(C)C)CCCC1)c1ccccc1. The third kappa shape index (κ3) is 4.82. The molecule has 1 saturated carbocycles. The Labute approximate surface area is 130 Å². The summed E-state index contributed by atoms with van der Waals surface area (Å²) in [5.74, 6) is 0.780. The van der Waals surface area contributed by atoms with Gasteiger partial charge >= 0.3 is 0 Å². The molecule has 2 heteroatoms. The summed E-state index contributed by atoms with van der Waals surface area (Å²) in [7, 11) is 1.79. The number of rotatable bonds is 8. The van der Waals surface area contributed by atoms with Crippen LogP contribution in [0.25, 0.3) is 0 Å². The second-order valence-electron chi connectivity index (χ2n) is 7.10. The van der Waals surface area contributed by atoms with E-state index < -0.39 is 0 Å². The van der Waals surface area contributed by atoms with Crippen molar-refractivity contribution >= 4 is 0 Å². The van der Waals surface area contributed by atoms with Gasteiger partial charge in [0.05, 0.1) is 12.6 Å². The molecule has 0 radical (unpaired) electrons. The van der Waals surface area contributed by atoms with Crippen LogP contribution in [0.1, 0.15) is 57.6 Å². The molecule has 1 N–H and O–H groups in total. The van der Waals surface area contributed by atoms with Gasteiger partial charge in [0.2, 0.25) is 0 Å². The average molecular weight is 289 g/mol. The second-order valence-corrected chi connectivity index (χ2v) is 7.10. The zero-order valence-corrected chi connectivity index (χ0v) is 13.9. The van der Waals surface area contributed by atoms with Gasteiger partial charge in [-0.15, -0.1) is 0 Å². The highest BCUT2D eigenvalue weighted by atomic mass is 16.5. The van der Waals surface area contributed by atoms with E-state index in [2.05, 4.69) is 49.5 Å². The molecule has 2 nitrogen and oxygen atoms in total. The van der Waals surface area contributed by atoms with Crippen molar-refractivity contribution in [3.8, 4) is 0 Å². The zero-order valence-electron chi connectivity index (χ0n) is 13.9. The van der Waals surface area contributed by atoms with Gasteiger partial charge in [-0.05, 0) is 36.2 Å². The smallest absolute Gasteiger partial charge is 0.0657 e. The van der Waals surface area contributed by atoms with E-state index in [9.17, 15) is 0 Å². The fourth-order valence-corrected chi connectivity index (χ4v) is 3.91. The largest absolute Gasteiger partial charge is 0.383 e. The van der Waals surface area contributed by atoms with E-state index in [-0.39, 0.29) is 0 Å². The predicted molar refractivity (Wildman–Crippen MR) is 89.4 cm³/mol. The van der Waals surface area contributed by atoms with E-state index in [0.717, 1.165) is 19.1 Å². The van der Waals surface area contributed by atoms with Crippen LogP contribution in [-0.2, 0) is 4.74 Å². The lowest BCUT2D eigenvalue weighted by atomic mass is 9.78. The Balaban J connectivity index is 2.00. The lowest BCUT2D eigenvalue weighted by Gasteiger charge is -2.33. The summed E-state index contributed by atoms with van der Waals surface area (Å²) in [6, 6.07) is 11.0. The van der Waals surface area contributed by atoms with Crippen molar-refractivity contribution in [2.45, 2.75) is 52.0 Å². The number of methoxy groups -OCH3 is 1. The standard InChI is InChI=1S/C19H31NO/c1-16(2)13-19(11-7-8-12-19)15-20-18(14-21-3)17-9-5-4-6-10-17/h4-6,9-10,16,18,20H,7-8,11-15H2,1-3H3. The van der Waals surface area contributed by atoms with Crippen LogP contribution in [0.5, 0.6) is 0 Å². The third-order valence-corrected chi connectivity index (χ3v) is 4.76. The summed E-state index contributed by atoms with van der Waals surface area (Å²) in [6.07, 6.45) is 6.90. The number of nitrogens with one attached hydrogen (secondary N) is 1. The highest BCUT2D eigenvalue weighted by molar-refractivity contribution is 5.19. The van der Waals surface area contributed by atoms with Crippen molar-refractivity contribution in [3.63, 3.8) is 0 Å². The number of ether oxygens (including phenoxy) is 1. The first-order chi connectivity index (χ1) is 10.2. The van der Waals surface area contributed by atoms with Crippen LogP contribution in [0, 0.1) is 11.3 Å². The summed E-state index contributed by atoms with van der Waals surface area (Å²) in [4.78, 5) is 0. The quantitative estimate of drug-likeness (QED) is 0.757. The highest BCUT2D eigenvalue weighted by Gasteiger charge is 2.34. The number of hydrogen-bond donors (Lipinski definition) is 1. The summed E-state index contributed by atoms with van der Waals surface area (Å²) < 4.78 is 5.43. The first-order valence-electron chi connectivity index (χ1n) is 8.42. The molecule has 0 bridgehead atoms. The molecule has 0 aromatic heterocycles. The molecular formula is C19H31NO. The minimum atomic E-state index is 0.306. The highest BCUT2D eigenvalue weighted by Crippen LogP contribution is 2.43. The van der Waals surface area contributed by atoms with Crippen LogP contribution in [0.2, 0.25) is 0 Å². The molecule has 1 aliphatic carbocycles. The van der Waals surface area contributed by atoms with Gasteiger partial charge in [-0.2, -0.15) is 0 Å². The van der Waals surface area contributed by atoms with Gasteiger partial charge in [-0.1, -0.05) is 57.0 Å². The molecule has 1 aliphatic rings. The summed E-state index contributed by atoms with van der Waals surface area (Å²) in [6.45, 7) is 6.56. The van der Waals surface area contributed by atoms with E-state index >= 15 is 0 Å². The van der Waals surface area contributed by atoms with Gasteiger partial charge in [0.25, 0.3) is 0 Å². The maximum atomic E-state index is 5.43. The van der Waals surface area contributed by atoms with Gasteiger partial charge in [-0.3, -0.25) is 0 Å².